The highest BCUT2D eigenvalue weighted by atomic mass is 16.5. The molecule has 2 aromatic heterocycles. The number of rotatable bonds is 3. The lowest BCUT2D eigenvalue weighted by atomic mass is 10.2. The van der Waals surface area contributed by atoms with Crippen molar-refractivity contribution in [2.45, 2.75) is 13.5 Å². The number of nitrogens with zero attached hydrogens (tertiary/aromatic N) is 3. The monoisotopic (exact) mass is 305 g/mol. The van der Waals surface area contributed by atoms with E-state index in [0.717, 1.165) is 27.7 Å². The number of hydrogen-bond donors (Lipinski definition) is 0. The van der Waals surface area contributed by atoms with Gasteiger partial charge in [-0.05, 0) is 31.2 Å². The number of aromatic nitrogens is 3. The summed E-state index contributed by atoms with van der Waals surface area (Å²) in [7, 11) is 0. The first-order valence-electron chi connectivity index (χ1n) is 7.36. The maximum Gasteiger partial charge on any atom is 0.333 e. The van der Waals surface area contributed by atoms with E-state index in [9.17, 15) is 4.79 Å². The molecule has 0 amide bonds. The zero-order valence-electron chi connectivity index (χ0n) is 12.7. The van der Waals surface area contributed by atoms with Gasteiger partial charge in [0.05, 0.1) is 17.6 Å². The zero-order valence-corrected chi connectivity index (χ0v) is 12.7. The molecule has 2 aromatic carbocycles. The standard InChI is InChI=1S/C18H15N3O2/c1-12(2)21-16-9-5-4-8-15(16)20(18(21)22)11-14-13-7-3-6-10-17(13)23-19-14/h3-10H,1,11H2,2H3. The Balaban J connectivity index is 1.94. The summed E-state index contributed by atoms with van der Waals surface area (Å²) in [5.41, 5.74) is 3.73. The highest BCUT2D eigenvalue weighted by Gasteiger charge is 2.16. The molecule has 2 heterocycles. The Kier molecular flexibility index (Phi) is 2.94. The molecular formula is C18H15N3O2. The Bertz CT molecular complexity index is 1100. The van der Waals surface area contributed by atoms with Gasteiger partial charge in [0.15, 0.2) is 5.58 Å². The van der Waals surface area contributed by atoms with Crippen LogP contribution in [0.3, 0.4) is 0 Å². The van der Waals surface area contributed by atoms with Gasteiger partial charge in [0, 0.05) is 11.1 Å². The lowest BCUT2D eigenvalue weighted by Crippen LogP contribution is -2.23. The molecule has 0 saturated carbocycles. The fraction of sp³-hybridized carbons (Fsp3) is 0.111. The van der Waals surface area contributed by atoms with Crippen LogP contribution in [0.25, 0.3) is 27.7 Å². The highest BCUT2D eigenvalue weighted by Crippen LogP contribution is 2.21. The van der Waals surface area contributed by atoms with E-state index in [4.69, 9.17) is 4.52 Å². The summed E-state index contributed by atoms with van der Waals surface area (Å²) in [5, 5.41) is 5.05. The smallest absolute Gasteiger partial charge is 0.333 e. The number of fused-ring (bicyclic) bond motifs is 2. The van der Waals surface area contributed by atoms with Gasteiger partial charge in [0.1, 0.15) is 5.69 Å². The fourth-order valence-corrected chi connectivity index (χ4v) is 2.93. The normalized spacial score (nSPS) is 11.3. The third-order valence-corrected chi connectivity index (χ3v) is 3.98. The van der Waals surface area contributed by atoms with Crippen molar-refractivity contribution < 1.29 is 4.52 Å². The van der Waals surface area contributed by atoms with Crippen molar-refractivity contribution in [2.24, 2.45) is 0 Å². The van der Waals surface area contributed by atoms with Gasteiger partial charge in [-0.3, -0.25) is 9.13 Å². The van der Waals surface area contributed by atoms with Crippen LogP contribution in [0.2, 0.25) is 0 Å². The Morgan fingerprint density at radius 1 is 1.13 bits per heavy atom. The van der Waals surface area contributed by atoms with Crippen LogP contribution in [-0.4, -0.2) is 14.3 Å². The van der Waals surface area contributed by atoms with E-state index < -0.39 is 0 Å². The molecule has 5 nitrogen and oxygen atoms in total. The molecular weight excluding hydrogens is 290 g/mol. The zero-order chi connectivity index (χ0) is 16.0. The van der Waals surface area contributed by atoms with Gasteiger partial charge >= 0.3 is 5.69 Å². The molecule has 0 atom stereocenters. The summed E-state index contributed by atoms with van der Waals surface area (Å²) >= 11 is 0. The molecule has 0 radical (unpaired) electrons. The molecule has 5 heteroatoms. The Hall–Kier alpha value is -3.08. The van der Waals surface area contributed by atoms with Crippen LogP contribution in [0.4, 0.5) is 0 Å². The minimum atomic E-state index is -0.120. The third-order valence-electron chi connectivity index (χ3n) is 3.98. The Morgan fingerprint density at radius 3 is 2.61 bits per heavy atom. The van der Waals surface area contributed by atoms with E-state index in [2.05, 4.69) is 11.7 Å². The van der Waals surface area contributed by atoms with Gasteiger partial charge < -0.3 is 4.52 Å². The maximum atomic E-state index is 12.8. The second-order valence-corrected chi connectivity index (χ2v) is 5.55. The quantitative estimate of drug-likeness (QED) is 0.582. The number of benzene rings is 2. The first-order valence-corrected chi connectivity index (χ1v) is 7.36. The van der Waals surface area contributed by atoms with E-state index in [1.807, 2.05) is 55.5 Å². The topological polar surface area (TPSA) is 53.0 Å². The second kappa shape index (κ2) is 4.98. The summed E-state index contributed by atoms with van der Waals surface area (Å²) in [4.78, 5) is 12.8. The highest BCUT2D eigenvalue weighted by molar-refractivity contribution is 5.81. The van der Waals surface area contributed by atoms with E-state index >= 15 is 0 Å². The van der Waals surface area contributed by atoms with Crippen molar-refractivity contribution in [1.82, 2.24) is 14.3 Å². The van der Waals surface area contributed by atoms with Crippen molar-refractivity contribution in [2.75, 3.05) is 0 Å². The van der Waals surface area contributed by atoms with Gasteiger partial charge in [-0.25, -0.2) is 4.79 Å². The SMILES string of the molecule is C=C(C)n1c(=O)n(Cc2noc3ccccc23)c2ccccc21. The number of para-hydroxylation sites is 3. The molecule has 0 aliphatic heterocycles. The molecule has 114 valence electrons. The first-order chi connectivity index (χ1) is 11.2. The number of hydrogen-bond acceptors (Lipinski definition) is 3. The summed E-state index contributed by atoms with van der Waals surface area (Å²) in [6, 6.07) is 15.3. The van der Waals surface area contributed by atoms with Crippen molar-refractivity contribution in [3.63, 3.8) is 0 Å². The molecule has 23 heavy (non-hydrogen) atoms. The molecule has 4 rings (SSSR count). The van der Waals surface area contributed by atoms with Gasteiger partial charge in [-0.1, -0.05) is 36.0 Å². The van der Waals surface area contributed by atoms with Gasteiger partial charge in [0.2, 0.25) is 0 Å². The van der Waals surface area contributed by atoms with E-state index in [0.29, 0.717) is 12.2 Å². The minimum Gasteiger partial charge on any atom is -0.356 e. The van der Waals surface area contributed by atoms with Crippen LogP contribution in [0.15, 0.2) is 64.4 Å². The molecule has 0 saturated heterocycles. The van der Waals surface area contributed by atoms with Crippen LogP contribution in [-0.2, 0) is 6.54 Å². The lowest BCUT2D eigenvalue weighted by molar-refractivity contribution is 0.443. The molecule has 0 N–H and O–H groups in total. The molecule has 0 spiro atoms. The predicted molar refractivity (Wildman–Crippen MR) is 90.3 cm³/mol. The van der Waals surface area contributed by atoms with Crippen LogP contribution in [0, 0.1) is 0 Å². The Labute approximate surface area is 132 Å². The summed E-state index contributed by atoms with van der Waals surface area (Å²) in [6.07, 6.45) is 0. The summed E-state index contributed by atoms with van der Waals surface area (Å²) in [6.45, 7) is 6.09. The molecule has 0 fully saturated rings. The number of allylic oxidation sites excluding steroid dienone is 1. The lowest BCUT2D eigenvalue weighted by Gasteiger charge is -2.00. The fourth-order valence-electron chi connectivity index (χ4n) is 2.93. The van der Waals surface area contributed by atoms with Gasteiger partial charge in [-0.2, -0.15) is 0 Å². The minimum absolute atomic E-state index is 0.120. The van der Waals surface area contributed by atoms with Gasteiger partial charge in [0.25, 0.3) is 0 Å². The average molecular weight is 305 g/mol. The van der Waals surface area contributed by atoms with Crippen LogP contribution in [0.5, 0.6) is 0 Å². The van der Waals surface area contributed by atoms with E-state index in [1.165, 1.54) is 0 Å². The van der Waals surface area contributed by atoms with Crippen molar-refractivity contribution in [3.05, 3.63) is 71.3 Å². The first kappa shape index (κ1) is 13.6. The number of imidazole rings is 1. The molecule has 0 aliphatic carbocycles. The van der Waals surface area contributed by atoms with Crippen LogP contribution >= 0.6 is 0 Å². The maximum absolute atomic E-state index is 12.8. The van der Waals surface area contributed by atoms with Gasteiger partial charge in [-0.15, -0.1) is 0 Å². The molecule has 0 bridgehead atoms. The average Bonchev–Trinajstić information content (AvgIpc) is 3.08. The van der Waals surface area contributed by atoms with Crippen molar-refractivity contribution in [1.29, 1.82) is 0 Å². The molecule has 0 aliphatic rings. The molecule has 4 aromatic rings. The van der Waals surface area contributed by atoms with Crippen molar-refractivity contribution in [3.8, 4) is 0 Å². The van der Waals surface area contributed by atoms with Crippen molar-refractivity contribution >= 4 is 27.7 Å². The van der Waals surface area contributed by atoms with E-state index in [1.54, 1.807) is 9.13 Å². The largest absolute Gasteiger partial charge is 0.356 e. The third kappa shape index (κ3) is 2.01. The van der Waals surface area contributed by atoms with Crippen LogP contribution in [0.1, 0.15) is 12.6 Å². The predicted octanol–water partition coefficient (Wildman–Crippen LogP) is 3.48. The molecule has 0 unspecified atom stereocenters. The summed E-state index contributed by atoms with van der Waals surface area (Å²) < 4.78 is 8.66. The summed E-state index contributed by atoms with van der Waals surface area (Å²) in [5.74, 6) is 0. The van der Waals surface area contributed by atoms with Crippen LogP contribution < -0.4 is 5.69 Å². The second-order valence-electron chi connectivity index (χ2n) is 5.55. The Morgan fingerprint density at radius 2 is 1.83 bits per heavy atom. The van der Waals surface area contributed by atoms with E-state index in [-0.39, 0.29) is 5.69 Å².